The van der Waals surface area contributed by atoms with Crippen molar-refractivity contribution < 1.29 is 4.39 Å². The molecule has 3 rings (SSSR count). The van der Waals surface area contributed by atoms with Gasteiger partial charge in [-0.1, -0.05) is 18.2 Å². The standard InChI is InChI=1S/C17H14FN3S/c1-12-9-16(22-11-13-5-4-6-14(18)10-13)21-17(20-12)15-7-2-3-8-19-15/h2-10H,11H2,1H3. The van der Waals surface area contributed by atoms with Crippen LogP contribution in [0.25, 0.3) is 11.5 Å². The Kier molecular flexibility index (Phi) is 4.44. The van der Waals surface area contributed by atoms with E-state index in [1.807, 2.05) is 37.3 Å². The van der Waals surface area contributed by atoms with Crippen LogP contribution in [0, 0.1) is 12.7 Å². The lowest BCUT2D eigenvalue weighted by atomic mass is 10.2. The minimum atomic E-state index is -0.217. The lowest BCUT2D eigenvalue weighted by molar-refractivity contribution is 0.626. The maximum atomic E-state index is 13.2. The van der Waals surface area contributed by atoms with Crippen LogP contribution in [0.4, 0.5) is 4.39 Å². The highest BCUT2D eigenvalue weighted by Crippen LogP contribution is 2.24. The Morgan fingerprint density at radius 3 is 2.73 bits per heavy atom. The van der Waals surface area contributed by atoms with Crippen molar-refractivity contribution in [2.75, 3.05) is 0 Å². The van der Waals surface area contributed by atoms with Crippen molar-refractivity contribution in [1.82, 2.24) is 15.0 Å². The van der Waals surface area contributed by atoms with Crippen molar-refractivity contribution in [3.05, 3.63) is 71.8 Å². The third kappa shape index (κ3) is 3.68. The number of aryl methyl sites for hydroxylation is 1. The topological polar surface area (TPSA) is 38.7 Å². The molecule has 0 N–H and O–H groups in total. The molecule has 0 saturated carbocycles. The first-order chi connectivity index (χ1) is 10.7. The van der Waals surface area contributed by atoms with E-state index in [1.54, 1.807) is 30.1 Å². The molecule has 0 unspecified atom stereocenters. The summed E-state index contributed by atoms with van der Waals surface area (Å²) in [7, 11) is 0. The number of benzene rings is 1. The van der Waals surface area contributed by atoms with Gasteiger partial charge in [0.25, 0.3) is 0 Å². The highest BCUT2D eigenvalue weighted by atomic mass is 32.2. The molecule has 0 aliphatic carbocycles. The van der Waals surface area contributed by atoms with Crippen LogP contribution in [0.1, 0.15) is 11.3 Å². The van der Waals surface area contributed by atoms with E-state index in [2.05, 4.69) is 15.0 Å². The van der Waals surface area contributed by atoms with E-state index in [4.69, 9.17) is 0 Å². The minimum Gasteiger partial charge on any atom is -0.253 e. The molecule has 22 heavy (non-hydrogen) atoms. The molecular weight excluding hydrogens is 297 g/mol. The highest BCUT2D eigenvalue weighted by molar-refractivity contribution is 7.98. The molecule has 0 spiro atoms. The Balaban J connectivity index is 1.81. The fourth-order valence-corrected chi connectivity index (χ4v) is 2.91. The molecule has 0 bridgehead atoms. The average molecular weight is 311 g/mol. The number of halogens is 1. The number of thioether (sulfide) groups is 1. The molecule has 5 heteroatoms. The highest BCUT2D eigenvalue weighted by Gasteiger charge is 2.07. The predicted octanol–water partition coefficient (Wildman–Crippen LogP) is 4.28. The molecule has 0 amide bonds. The zero-order valence-electron chi connectivity index (χ0n) is 12.0. The number of hydrogen-bond donors (Lipinski definition) is 0. The second kappa shape index (κ2) is 6.66. The van der Waals surface area contributed by atoms with Gasteiger partial charge in [-0.25, -0.2) is 14.4 Å². The number of rotatable bonds is 4. The van der Waals surface area contributed by atoms with E-state index in [-0.39, 0.29) is 5.82 Å². The fourth-order valence-electron chi connectivity index (χ4n) is 2.01. The fraction of sp³-hybridized carbons (Fsp3) is 0.118. The molecule has 2 aromatic heterocycles. The summed E-state index contributed by atoms with van der Waals surface area (Å²) < 4.78 is 13.2. The monoisotopic (exact) mass is 311 g/mol. The van der Waals surface area contributed by atoms with E-state index < -0.39 is 0 Å². The van der Waals surface area contributed by atoms with Crippen molar-refractivity contribution in [1.29, 1.82) is 0 Å². The van der Waals surface area contributed by atoms with Crippen molar-refractivity contribution in [3.8, 4) is 11.5 Å². The van der Waals surface area contributed by atoms with Crippen LogP contribution in [-0.4, -0.2) is 15.0 Å². The number of pyridine rings is 1. The minimum absolute atomic E-state index is 0.217. The van der Waals surface area contributed by atoms with E-state index >= 15 is 0 Å². The first-order valence-corrected chi connectivity index (χ1v) is 7.83. The average Bonchev–Trinajstić information content (AvgIpc) is 2.53. The smallest absolute Gasteiger partial charge is 0.179 e. The number of hydrogen-bond acceptors (Lipinski definition) is 4. The number of aromatic nitrogens is 3. The molecule has 3 aromatic rings. The Hall–Kier alpha value is -2.27. The van der Waals surface area contributed by atoms with Crippen LogP contribution < -0.4 is 0 Å². The van der Waals surface area contributed by atoms with E-state index in [1.165, 1.54) is 6.07 Å². The van der Waals surface area contributed by atoms with Crippen molar-refractivity contribution >= 4 is 11.8 Å². The molecule has 0 saturated heterocycles. The summed E-state index contributed by atoms with van der Waals surface area (Å²) in [5.41, 5.74) is 2.57. The van der Waals surface area contributed by atoms with Crippen LogP contribution >= 0.6 is 11.8 Å². The van der Waals surface area contributed by atoms with E-state index in [0.29, 0.717) is 11.6 Å². The summed E-state index contributed by atoms with van der Waals surface area (Å²) in [6, 6.07) is 14.2. The lowest BCUT2D eigenvalue weighted by Crippen LogP contribution is -1.95. The largest absolute Gasteiger partial charge is 0.253 e. The van der Waals surface area contributed by atoms with Crippen LogP contribution in [0.3, 0.4) is 0 Å². The summed E-state index contributed by atoms with van der Waals surface area (Å²) in [5, 5.41) is 0.859. The van der Waals surface area contributed by atoms with Crippen LogP contribution in [0.5, 0.6) is 0 Å². The van der Waals surface area contributed by atoms with Gasteiger partial charge in [-0.15, -0.1) is 11.8 Å². The first kappa shape index (κ1) is 14.7. The van der Waals surface area contributed by atoms with E-state index in [9.17, 15) is 4.39 Å². The van der Waals surface area contributed by atoms with Crippen LogP contribution in [-0.2, 0) is 5.75 Å². The zero-order valence-corrected chi connectivity index (χ0v) is 12.8. The molecule has 0 atom stereocenters. The van der Waals surface area contributed by atoms with Crippen molar-refractivity contribution in [3.63, 3.8) is 0 Å². The molecule has 0 fully saturated rings. The van der Waals surface area contributed by atoms with E-state index in [0.717, 1.165) is 22.0 Å². The Morgan fingerprint density at radius 2 is 1.95 bits per heavy atom. The first-order valence-electron chi connectivity index (χ1n) is 6.85. The van der Waals surface area contributed by atoms with Gasteiger partial charge in [-0.2, -0.15) is 0 Å². The summed E-state index contributed by atoms with van der Waals surface area (Å²) >= 11 is 1.56. The van der Waals surface area contributed by atoms with Crippen molar-refractivity contribution in [2.45, 2.75) is 17.7 Å². The number of nitrogens with zero attached hydrogens (tertiary/aromatic N) is 3. The molecule has 0 aliphatic heterocycles. The normalized spacial score (nSPS) is 10.6. The van der Waals surface area contributed by atoms with Crippen molar-refractivity contribution in [2.24, 2.45) is 0 Å². The van der Waals surface area contributed by atoms with Gasteiger partial charge in [0, 0.05) is 17.6 Å². The van der Waals surface area contributed by atoms with Crippen LogP contribution in [0.2, 0.25) is 0 Å². The summed E-state index contributed by atoms with van der Waals surface area (Å²) in [6.45, 7) is 1.93. The Labute approximate surface area is 132 Å². The molecule has 1 aromatic carbocycles. The summed E-state index contributed by atoms with van der Waals surface area (Å²) in [6.07, 6.45) is 1.72. The molecule has 2 heterocycles. The summed E-state index contributed by atoms with van der Waals surface area (Å²) in [4.78, 5) is 13.2. The van der Waals surface area contributed by atoms with Gasteiger partial charge in [0.2, 0.25) is 0 Å². The maximum absolute atomic E-state index is 13.2. The third-order valence-electron chi connectivity index (χ3n) is 3.00. The Bertz CT molecular complexity index is 778. The second-order valence-corrected chi connectivity index (χ2v) is 5.80. The molecule has 3 nitrogen and oxygen atoms in total. The lowest BCUT2D eigenvalue weighted by Gasteiger charge is -2.06. The van der Waals surface area contributed by atoms with Gasteiger partial charge < -0.3 is 0 Å². The molecule has 0 radical (unpaired) electrons. The Morgan fingerprint density at radius 1 is 1.05 bits per heavy atom. The van der Waals surface area contributed by atoms with Gasteiger partial charge >= 0.3 is 0 Å². The van der Waals surface area contributed by atoms with Gasteiger partial charge in [0.15, 0.2) is 5.82 Å². The summed E-state index contributed by atoms with van der Waals surface area (Å²) in [5.74, 6) is 1.06. The molecule has 110 valence electrons. The second-order valence-electron chi connectivity index (χ2n) is 4.80. The van der Waals surface area contributed by atoms with Gasteiger partial charge in [0.1, 0.15) is 16.5 Å². The van der Waals surface area contributed by atoms with Gasteiger partial charge in [-0.05, 0) is 42.8 Å². The molecule has 0 aliphatic rings. The van der Waals surface area contributed by atoms with Gasteiger partial charge in [0.05, 0.1) is 0 Å². The predicted molar refractivity (Wildman–Crippen MR) is 86.0 cm³/mol. The third-order valence-corrected chi connectivity index (χ3v) is 3.98. The quantitative estimate of drug-likeness (QED) is 0.532. The maximum Gasteiger partial charge on any atom is 0.179 e. The van der Waals surface area contributed by atoms with Crippen LogP contribution in [0.15, 0.2) is 59.8 Å². The van der Waals surface area contributed by atoms with Gasteiger partial charge in [-0.3, -0.25) is 4.98 Å². The zero-order chi connectivity index (χ0) is 15.4. The SMILES string of the molecule is Cc1cc(SCc2cccc(F)c2)nc(-c2ccccn2)n1. The molecular formula is C17H14FN3S.